The monoisotopic (exact) mass is 251 g/mol. The van der Waals surface area contributed by atoms with Crippen molar-refractivity contribution in [3.63, 3.8) is 0 Å². The summed E-state index contributed by atoms with van der Waals surface area (Å²) in [6.07, 6.45) is -0.938. The van der Waals surface area contributed by atoms with Crippen LogP contribution in [0.4, 0.5) is 5.69 Å². The highest BCUT2D eigenvalue weighted by molar-refractivity contribution is 6.12. The molecule has 18 heavy (non-hydrogen) atoms. The van der Waals surface area contributed by atoms with Crippen molar-refractivity contribution in [2.45, 2.75) is 12.1 Å². The van der Waals surface area contributed by atoms with Gasteiger partial charge in [-0.2, -0.15) is 0 Å². The van der Waals surface area contributed by atoms with E-state index in [2.05, 4.69) is 0 Å². The first-order valence-corrected chi connectivity index (χ1v) is 5.33. The van der Waals surface area contributed by atoms with Crippen molar-refractivity contribution in [1.82, 2.24) is 0 Å². The second kappa shape index (κ2) is 4.66. The highest BCUT2D eigenvalue weighted by atomic mass is 16.5. The van der Waals surface area contributed by atoms with Crippen molar-refractivity contribution in [3.8, 4) is 5.75 Å². The molecule has 1 aromatic carbocycles. The van der Waals surface area contributed by atoms with Gasteiger partial charge in [-0.3, -0.25) is 9.69 Å². The van der Waals surface area contributed by atoms with Gasteiger partial charge in [-0.05, 0) is 12.1 Å². The molecule has 1 aromatic rings. The van der Waals surface area contributed by atoms with E-state index in [1.54, 1.807) is 24.3 Å². The normalized spacial score (nSPS) is 22.6. The smallest absolute Gasteiger partial charge is 0.330 e. The van der Waals surface area contributed by atoms with Crippen LogP contribution in [0, 0.1) is 0 Å². The Morgan fingerprint density at radius 1 is 1.33 bits per heavy atom. The van der Waals surface area contributed by atoms with Crippen LogP contribution in [0.25, 0.3) is 0 Å². The van der Waals surface area contributed by atoms with Crippen LogP contribution in [-0.4, -0.2) is 43.3 Å². The van der Waals surface area contributed by atoms with Crippen LogP contribution in [0.5, 0.6) is 5.75 Å². The third-order valence-electron chi connectivity index (χ3n) is 2.90. The van der Waals surface area contributed by atoms with E-state index >= 15 is 0 Å². The average molecular weight is 251 g/mol. The number of carboxylic acids is 1. The number of carboxylic acid groups (broad SMARTS) is 1. The molecule has 1 N–H and O–H groups in total. The molecule has 1 fully saturated rings. The molecule has 0 radical (unpaired) electrons. The van der Waals surface area contributed by atoms with E-state index in [4.69, 9.17) is 14.6 Å². The Morgan fingerprint density at radius 2 is 2.00 bits per heavy atom. The molecule has 0 saturated carbocycles. The summed E-state index contributed by atoms with van der Waals surface area (Å²) in [4.78, 5) is 24.2. The zero-order valence-corrected chi connectivity index (χ0v) is 9.99. The van der Waals surface area contributed by atoms with Crippen molar-refractivity contribution < 1.29 is 24.2 Å². The van der Waals surface area contributed by atoms with Gasteiger partial charge in [0.05, 0.1) is 12.8 Å². The van der Waals surface area contributed by atoms with Gasteiger partial charge in [0.2, 0.25) is 0 Å². The quantitative estimate of drug-likeness (QED) is 0.789. The fraction of sp³-hybridized carbons (Fsp3) is 0.333. The van der Waals surface area contributed by atoms with Gasteiger partial charge in [0, 0.05) is 7.11 Å². The highest BCUT2D eigenvalue weighted by Gasteiger charge is 2.53. The molecule has 1 heterocycles. The van der Waals surface area contributed by atoms with Crippen molar-refractivity contribution >= 4 is 17.6 Å². The van der Waals surface area contributed by atoms with Crippen LogP contribution in [0.2, 0.25) is 0 Å². The Labute approximate surface area is 104 Å². The number of para-hydroxylation sites is 2. The number of carbonyl (C=O) groups excluding carboxylic acids is 1. The third-order valence-corrected chi connectivity index (χ3v) is 2.90. The molecule has 0 unspecified atom stereocenters. The number of amides is 1. The number of benzene rings is 1. The first-order valence-electron chi connectivity index (χ1n) is 5.33. The van der Waals surface area contributed by atoms with Gasteiger partial charge in [-0.15, -0.1) is 0 Å². The van der Waals surface area contributed by atoms with E-state index in [0.717, 1.165) is 0 Å². The maximum absolute atomic E-state index is 11.9. The molecule has 0 aromatic heterocycles. The van der Waals surface area contributed by atoms with Gasteiger partial charge in [0.1, 0.15) is 5.75 Å². The summed E-state index contributed by atoms with van der Waals surface area (Å²) in [7, 11) is 2.78. The van der Waals surface area contributed by atoms with Crippen molar-refractivity contribution in [1.29, 1.82) is 0 Å². The molecule has 1 aliphatic heterocycles. The first-order chi connectivity index (χ1) is 8.61. The van der Waals surface area contributed by atoms with Gasteiger partial charge >= 0.3 is 5.97 Å². The Bertz CT molecular complexity index is 487. The summed E-state index contributed by atoms with van der Waals surface area (Å²) in [5, 5.41) is 9.13. The van der Waals surface area contributed by atoms with E-state index in [0.29, 0.717) is 11.4 Å². The molecule has 1 aliphatic rings. The second-order valence-corrected chi connectivity index (χ2v) is 3.82. The number of hydrogen-bond acceptors (Lipinski definition) is 4. The van der Waals surface area contributed by atoms with Gasteiger partial charge in [-0.1, -0.05) is 12.1 Å². The zero-order valence-electron chi connectivity index (χ0n) is 9.99. The average Bonchev–Trinajstić information content (AvgIpc) is 2.36. The van der Waals surface area contributed by atoms with Gasteiger partial charge in [0.15, 0.2) is 12.1 Å². The first kappa shape index (κ1) is 12.4. The Hall–Kier alpha value is -2.08. The number of carbonyl (C=O) groups is 2. The molecule has 1 amide bonds. The Kier molecular flexibility index (Phi) is 3.20. The molecule has 96 valence electrons. The third kappa shape index (κ3) is 1.70. The molecule has 6 heteroatoms. The topological polar surface area (TPSA) is 76.1 Å². The number of aliphatic carboxylic acids is 1. The van der Waals surface area contributed by atoms with E-state index in [9.17, 15) is 9.59 Å². The summed E-state index contributed by atoms with van der Waals surface area (Å²) >= 11 is 0. The molecule has 0 bridgehead atoms. The largest absolute Gasteiger partial charge is 0.495 e. The second-order valence-electron chi connectivity index (χ2n) is 3.82. The minimum Gasteiger partial charge on any atom is -0.495 e. The minimum atomic E-state index is -1.10. The fourth-order valence-electron chi connectivity index (χ4n) is 2.03. The number of rotatable bonds is 4. The van der Waals surface area contributed by atoms with Crippen molar-refractivity contribution in [2.24, 2.45) is 0 Å². The Morgan fingerprint density at radius 3 is 2.56 bits per heavy atom. The van der Waals surface area contributed by atoms with E-state index in [1.165, 1.54) is 19.1 Å². The molecule has 2 rings (SSSR count). The number of anilines is 1. The summed E-state index contributed by atoms with van der Waals surface area (Å²) in [5.41, 5.74) is 0.436. The number of hydrogen-bond donors (Lipinski definition) is 1. The number of β-lactam (4-membered cyclic amide) rings is 1. The highest BCUT2D eigenvalue weighted by Crippen LogP contribution is 2.36. The molecular formula is C12H13NO5. The van der Waals surface area contributed by atoms with Gasteiger partial charge in [0.25, 0.3) is 5.91 Å². The molecule has 1 saturated heterocycles. The predicted octanol–water partition coefficient (Wildman–Crippen LogP) is 0.510. The summed E-state index contributed by atoms with van der Waals surface area (Å²) in [6, 6.07) is 5.75. The number of methoxy groups -OCH3 is 2. The molecule has 0 aliphatic carbocycles. The Balaban J connectivity index is 2.38. The molecule has 6 nitrogen and oxygen atoms in total. The summed E-state index contributed by atoms with van der Waals surface area (Å²) in [5.74, 6) is -1.03. The lowest BCUT2D eigenvalue weighted by Gasteiger charge is -2.43. The van der Waals surface area contributed by atoms with E-state index < -0.39 is 18.1 Å². The van der Waals surface area contributed by atoms with Crippen LogP contribution in [0.15, 0.2) is 24.3 Å². The van der Waals surface area contributed by atoms with Gasteiger partial charge in [-0.25, -0.2) is 4.79 Å². The van der Waals surface area contributed by atoms with E-state index in [-0.39, 0.29) is 5.91 Å². The van der Waals surface area contributed by atoms with Crippen molar-refractivity contribution in [3.05, 3.63) is 24.3 Å². The lowest BCUT2D eigenvalue weighted by atomic mass is 9.96. The van der Waals surface area contributed by atoms with Crippen LogP contribution < -0.4 is 9.64 Å². The fourth-order valence-corrected chi connectivity index (χ4v) is 2.03. The summed E-state index contributed by atoms with van der Waals surface area (Å²) < 4.78 is 10.0. The number of nitrogens with zero attached hydrogens (tertiary/aromatic N) is 1. The molecule has 0 spiro atoms. The van der Waals surface area contributed by atoms with Gasteiger partial charge < -0.3 is 14.6 Å². The number of ether oxygens (including phenoxy) is 2. The SMILES string of the molecule is COc1ccccc1N1C(=O)[C@H](OC)[C@@H]1C(=O)O. The van der Waals surface area contributed by atoms with Crippen LogP contribution in [-0.2, 0) is 14.3 Å². The molecule has 2 atom stereocenters. The lowest BCUT2D eigenvalue weighted by Crippen LogP contribution is -2.69. The maximum atomic E-state index is 11.9. The standard InChI is InChI=1S/C12H13NO5/c1-17-8-6-4-3-5-7(8)13-9(12(15)16)10(18-2)11(13)14/h3-6,9-10H,1-2H3,(H,15,16)/t9-,10-/m1/s1. The maximum Gasteiger partial charge on any atom is 0.330 e. The zero-order chi connectivity index (χ0) is 13.3. The minimum absolute atomic E-state index is 0.380. The van der Waals surface area contributed by atoms with E-state index in [1.807, 2.05) is 0 Å². The van der Waals surface area contributed by atoms with Crippen LogP contribution in [0.1, 0.15) is 0 Å². The predicted molar refractivity (Wildman–Crippen MR) is 62.7 cm³/mol. The summed E-state index contributed by atoms with van der Waals surface area (Å²) in [6.45, 7) is 0. The molecular weight excluding hydrogens is 238 g/mol. The van der Waals surface area contributed by atoms with Crippen molar-refractivity contribution in [2.75, 3.05) is 19.1 Å². The van der Waals surface area contributed by atoms with Crippen LogP contribution >= 0.6 is 0 Å². The lowest BCUT2D eigenvalue weighted by molar-refractivity contribution is -0.155. The van der Waals surface area contributed by atoms with Crippen LogP contribution in [0.3, 0.4) is 0 Å².